The summed E-state index contributed by atoms with van der Waals surface area (Å²) in [6.07, 6.45) is 0.931. The molecule has 0 aliphatic carbocycles. The highest BCUT2D eigenvalue weighted by Crippen LogP contribution is 2.22. The van der Waals surface area contributed by atoms with E-state index >= 15 is 0 Å². The van der Waals surface area contributed by atoms with Crippen molar-refractivity contribution in [3.63, 3.8) is 0 Å². The minimum atomic E-state index is -4.66. The lowest BCUT2D eigenvalue weighted by Gasteiger charge is -2.13. The van der Waals surface area contributed by atoms with Crippen molar-refractivity contribution in [3.8, 4) is 5.75 Å². The third kappa shape index (κ3) is 3.17. The summed E-state index contributed by atoms with van der Waals surface area (Å²) in [5.74, 6) is 0.393. The SMILES string of the molecule is CN1CCC(Oc2cccc(S(=O)(=O)F)c2)C1. The van der Waals surface area contributed by atoms with Gasteiger partial charge in [-0.05, 0) is 25.6 Å². The summed E-state index contributed by atoms with van der Waals surface area (Å²) < 4.78 is 39.9. The molecule has 1 atom stereocenters. The first-order chi connectivity index (χ1) is 7.95. The minimum absolute atomic E-state index is 0.0394. The highest BCUT2D eigenvalue weighted by Gasteiger charge is 2.21. The van der Waals surface area contributed by atoms with Crippen molar-refractivity contribution in [3.05, 3.63) is 24.3 Å². The molecule has 1 aliphatic heterocycles. The molecule has 1 fully saturated rings. The largest absolute Gasteiger partial charge is 0.489 e. The van der Waals surface area contributed by atoms with E-state index in [1.165, 1.54) is 18.2 Å². The Labute approximate surface area is 100 Å². The molecule has 1 aliphatic rings. The molecule has 0 N–H and O–H groups in total. The van der Waals surface area contributed by atoms with Gasteiger partial charge in [-0.25, -0.2) is 0 Å². The predicted octanol–water partition coefficient (Wildman–Crippen LogP) is 1.43. The van der Waals surface area contributed by atoms with Gasteiger partial charge in [-0.3, -0.25) is 0 Å². The summed E-state index contributed by atoms with van der Waals surface area (Å²) in [5.41, 5.74) is 0. The van der Waals surface area contributed by atoms with Gasteiger partial charge < -0.3 is 9.64 Å². The first kappa shape index (κ1) is 12.3. The van der Waals surface area contributed by atoms with Crippen molar-refractivity contribution in [2.24, 2.45) is 0 Å². The third-order valence-electron chi connectivity index (χ3n) is 2.74. The van der Waals surface area contributed by atoms with Gasteiger partial charge in [-0.15, -0.1) is 3.89 Å². The molecule has 0 amide bonds. The van der Waals surface area contributed by atoms with E-state index in [0.29, 0.717) is 5.75 Å². The van der Waals surface area contributed by atoms with Crippen LogP contribution in [0.5, 0.6) is 5.75 Å². The second-order valence-electron chi connectivity index (χ2n) is 4.20. The Kier molecular flexibility index (Phi) is 3.35. The molecule has 94 valence electrons. The Bertz CT molecular complexity index is 503. The van der Waals surface area contributed by atoms with Crippen LogP contribution in [0.15, 0.2) is 29.2 Å². The van der Waals surface area contributed by atoms with Crippen molar-refractivity contribution in [1.29, 1.82) is 0 Å². The molecule has 1 unspecified atom stereocenters. The van der Waals surface area contributed by atoms with Crippen LogP contribution in [0.2, 0.25) is 0 Å². The van der Waals surface area contributed by atoms with E-state index in [-0.39, 0.29) is 11.0 Å². The van der Waals surface area contributed by atoms with E-state index in [9.17, 15) is 12.3 Å². The zero-order chi connectivity index (χ0) is 12.5. The molecule has 0 bridgehead atoms. The highest BCUT2D eigenvalue weighted by atomic mass is 32.3. The number of halogens is 1. The topological polar surface area (TPSA) is 46.6 Å². The van der Waals surface area contributed by atoms with E-state index in [1.807, 2.05) is 7.05 Å². The quantitative estimate of drug-likeness (QED) is 0.770. The molecule has 1 aromatic carbocycles. The number of benzene rings is 1. The van der Waals surface area contributed by atoms with E-state index in [2.05, 4.69) is 4.90 Å². The molecule has 0 radical (unpaired) electrons. The zero-order valence-electron chi connectivity index (χ0n) is 9.47. The van der Waals surface area contributed by atoms with Crippen molar-refractivity contribution in [2.75, 3.05) is 20.1 Å². The number of rotatable bonds is 3. The highest BCUT2D eigenvalue weighted by molar-refractivity contribution is 7.86. The summed E-state index contributed by atoms with van der Waals surface area (Å²) in [4.78, 5) is 1.77. The first-order valence-corrected chi connectivity index (χ1v) is 6.73. The second-order valence-corrected chi connectivity index (χ2v) is 5.55. The Hall–Kier alpha value is -1.14. The molecule has 17 heavy (non-hydrogen) atoms. The Balaban J connectivity index is 2.12. The van der Waals surface area contributed by atoms with Crippen LogP contribution in [-0.4, -0.2) is 39.6 Å². The summed E-state index contributed by atoms with van der Waals surface area (Å²) in [6, 6.07) is 5.53. The molecule has 0 spiro atoms. The average molecular weight is 259 g/mol. The lowest BCUT2D eigenvalue weighted by molar-refractivity contribution is 0.207. The maximum absolute atomic E-state index is 12.8. The Morgan fingerprint density at radius 2 is 2.24 bits per heavy atom. The Morgan fingerprint density at radius 1 is 1.47 bits per heavy atom. The molecular weight excluding hydrogens is 245 g/mol. The fourth-order valence-corrected chi connectivity index (χ4v) is 2.38. The van der Waals surface area contributed by atoms with Gasteiger partial charge in [-0.2, -0.15) is 8.42 Å². The van der Waals surface area contributed by atoms with Crippen LogP contribution >= 0.6 is 0 Å². The smallest absolute Gasteiger partial charge is 0.332 e. The van der Waals surface area contributed by atoms with E-state index < -0.39 is 10.2 Å². The van der Waals surface area contributed by atoms with Crippen molar-refractivity contribution >= 4 is 10.2 Å². The van der Waals surface area contributed by atoms with E-state index in [4.69, 9.17) is 4.74 Å². The van der Waals surface area contributed by atoms with Gasteiger partial charge in [0, 0.05) is 19.2 Å². The first-order valence-electron chi connectivity index (χ1n) is 5.35. The van der Waals surface area contributed by atoms with Gasteiger partial charge >= 0.3 is 10.2 Å². The third-order valence-corrected chi connectivity index (χ3v) is 3.55. The summed E-state index contributed by atoms with van der Waals surface area (Å²) >= 11 is 0. The van der Waals surface area contributed by atoms with Crippen LogP contribution in [0.25, 0.3) is 0 Å². The Morgan fingerprint density at radius 3 is 2.82 bits per heavy atom. The fourth-order valence-electron chi connectivity index (χ4n) is 1.88. The lowest BCUT2D eigenvalue weighted by atomic mass is 10.3. The van der Waals surface area contributed by atoms with Crippen LogP contribution in [0.4, 0.5) is 3.89 Å². The van der Waals surface area contributed by atoms with Crippen LogP contribution in [0, 0.1) is 0 Å². The number of likely N-dealkylation sites (tertiary alicyclic amines) is 1. The molecule has 6 heteroatoms. The maximum atomic E-state index is 12.8. The van der Waals surface area contributed by atoms with Crippen LogP contribution in [0.1, 0.15) is 6.42 Å². The van der Waals surface area contributed by atoms with Gasteiger partial charge in [0.05, 0.1) is 0 Å². The van der Waals surface area contributed by atoms with Gasteiger partial charge in [-0.1, -0.05) is 6.07 Å². The monoisotopic (exact) mass is 259 g/mol. The minimum Gasteiger partial charge on any atom is -0.489 e. The van der Waals surface area contributed by atoms with Crippen LogP contribution < -0.4 is 4.74 Å². The molecule has 0 saturated carbocycles. The molecule has 1 heterocycles. The maximum Gasteiger partial charge on any atom is 0.332 e. The van der Waals surface area contributed by atoms with Gasteiger partial charge in [0.25, 0.3) is 0 Å². The number of likely N-dealkylation sites (N-methyl/N-ethyl adjacent to an activating group) is 1. The van der Waals surface area contributed by atoms with Crippen molar-refractivity contribution in [1.82, 2.24) is 4.90 Å². The summed E-state index contributed by atoms with van der Waals surface area (Å²) in [7, 11) is -2.67. The van der Waals surface area contributed by atoms with Gasteiger partial charge in [0.2, 0.25) is 0 Å². The fraction of sp³-hybridized carbons (Fsp3) is 0.455. The van der Waals surface area contributed by atoms with Crippen molar-refractivity contribution < 1.29 is 17.0 Å². The van der Waals surface area contributed by atoms with Crippen LogP contribution in [-0.2, 0) is 10.2 Å². The molecule has 4 nitrogen and oxygen atoms in total. The molecule has 2 rings (SSSR count). The number of hydrogen-bond donors (Lipinski definition) is 0. The lowest BCUT2D eigenvalue weighted by Crippen LogP contribution is -2.21. The number of ether oxygens (including phenoxy) is 1. The molecule has 1 aromatic rings. The second kappa shape index (κ2) is 4.62. The molecule has 1 saturated heterocycles. The summed E-state index contributed by atoms with van der Waals surface area (Å²) in [6.45, 7) is 1.75. The standard InChI is InChI=1S/C11H14FNO3S/c1-13-6-5-10(8-13)16-9-3-2-4-11(7-9)17(12,14)15/h2-4,7,10H,5-6,8H2,1H3. The number of hydrogen-bond acceptors (Lipinski definition) is 4. The normalized spacial score (nSPS) is 21.6. The summed E-state index contributed by atoms with van der Waals surface area (Å²) in [5, 5.41) is 0. The van der Waals surface area contributed by atoms with Gasteiger partial charge in [0.15, 0.2) is 0 Å². The van der Waals surface area contributed by atoms with Crippen LogP contribution in [0.3, 0.4) is 0 Å². The van der Waals surface area contributed by atoms with E-state index in [0.717, 1.165) is 19.5 Å². The molecular formula is C11H14FNO3S. The van der Waals surface area contributed by atoms with Crippen molar-refractivity contribution in [2.45, 2.75) is 17.4 Å². The van der Waals surface area contributed by atoms with Gasteiger partial charge in [0.1, 0.15) is 16.7 Å². The molecule has 0 aromatic heterocycles. The van der Waals surface area contributed by atoms with E-state index in [1.54, 1.807) is 6.07 Å². The predicted molar refractivity (Wildman–Crippen MR) is 61.3 cm³/mol. The zero-order valence-corrected chi connectivity index (χ0v) is 10.3. The average Bonchev–Trinajstić information content (AvgIpc) is 2.63. The number of nitrogens with zero attached hydrogens (tertiary/aromatic N) is 1.